The quantitative estimate of drug-likeness (QED) is 0.581. The second kappa shape index (κ2) is 6.43. The molecular formula is C25H40O3. The molecule has 0 aromatic rings. The van der Waals surface area contributed by atoms with Crippen LogP contribution in [-0.2, 0) is 0 Å². The van der Waals surface area contributed by atoms with Crippen LogP contribution in [0.15, 0.2) is 23.8 Å². The van der Waals surface area contributed by atoms with Gasteiger partial charge in [0.2, 0.25) is 0 Å². The van der Waals surface area contributed by atoms with Crippen molar-refractivity contribution >= 4 is 0 Å². The molecule has 3 fully saturated rings. The van der Waals surface area contributed by atoms with Crippen LogP contribution in [0.25, 0.3) is 0 Å². The van der Waals surface area contributed by atoms with Crippen LogP contribution in [0.1, 0.15) is 73.1 Å². The number of hydrogen-bond donors (Lipinski definition) is 3. The molecular weight excluding hydrogens is 348 g/mol. The summed E-state index contributed by atoms with van der Waals surface area (Å²) in [6, 6.07) is 0. The van der Waals surface area contributed by atoms with E-state index in [-0.39, 0.29) is 16.7 Å². The molecule has 3 heteroatoms. The lowest BCUT2D eigenvalue weighted by Gasteiger charge is -2.64. The van der Waals surface area contributed by atoms with Gasteiger partial charge in [-0.05, 0) is 78.6 Å². The van der Waals surface area contributed by atoms with Gasteiger partial charge in [-0.3, -0.25) is 0 Å². The van der Waals surface area contributed by atoms with Crippen LogP contribution in [0, 0.1) is 39.9 Å². The summed E-state index contributed by atoms with van der Waals surface area (Å²) in [5.41, 5.74) is 1.84. The van der Waals surface area contributed by atoms with Crippen molar-refractivity contribution in [1.29, 1.82) is 0 Å². The highest BCUT2D eigenvalue weighted by atomic mass is 16.3. The highest BCUT2D eigenvalue weighted by Crippen LogP contribution is 2.70. The molecule has 9 atom stereocenters. The molecule has 9 unspecified atom stereocenters. The summed E-state index contributed by atoms with van der Waals surface area (Å²) in [4.78, 5) is 0. The highest BCUT2D eigenvalue weighted by Gasteiger charge is 2.66. The van der Waals surface area contributed by atoms with Crippen molar-refractivity contribution in [3.05, 3.63) is 23.8 Å². The van der Waals surface area contributed by atoms with Crippen LogP contribution in [0.2, 0.25) is 0 Å². The predicted octanol–water partition coefficient (Wildman–Crippen LogP) is 4.47. The fourth-order valence-corrected chi connectivity index (χ4v) is 8.25. The molecule has 4 aliphatic carbocycles. The molecule has 4 rings (SSSR count). The van der Waals surface area contributed by atoms with Crippen LogP contribution in [0.3, 0.4) is 0 Å². The predicted molar refractivity (Wildman–Crippen MR) is 113 cm³/mol. The molecule has 0 heterocycles. The molecule has 0 bridgehead atoms. The standard InChI is InChI=1S/C25H40O3/c1-14(2)16-9-11-23(4)17(16)10-12-24(5)18-8-7-15(3)21(27)22(28)25(18,6)20(26)13-19(23)24/h10,14,16,18-22,26-28H,3,7-9,11-13H2,1-2,4-6H3. The Labute approximate surface area is 170 Å². The third-order valence-electron chi connectivity index (χ3n) is 10.00. The van der Waals surface area contributed by atoms with Crippen LogP contribution < -0.4 is 0 Å². The smallest absolute Gasteiger partial charge is 0.101 e. The van der Waals surface area contributed by atoms with E-state index in [0.717, 1.165) is 31.3 Å². The lowest BCUT2D eigenvalue weighted by atomic mass is 9.41. The van der Waals surface area contributed by atoms with Gasteiger partial charge in [0, 0.05) is 5.41 Å². The highest BCUT2D eigenvalue weighted by molar-refractivity contribution is 5.32. The summed E-state index contributed by atoms with van der Waals surface area (Å²) >= 11 is 0. The van der Waals surface area contributed by atoms with Gasteiger partial charge in [-0.1, -0.05) is 52.8 Å². The molecule has 0 aromatic carbocycles. The zero-order chi connectivity index (χ0) is 20.6. The van der Waals surface area contributed by atoms with E-state index < -0.39 is 23.7 Å². The Kier molecular flexibility index (Phi) is 4.73. The zero-order valence-corrected chi connectivity index (χ0v) is 18.4. The van der Waals surface area contributed by atoms with E-state index in [0.29, 0.717) is 17.8 Å². The normalized spacial score (nSPS) is 53.9. The molecule has 4 aliphatic rings. The van der Waals surface area contributed by atoms with E-state index in [4.69, 9.17) is 0 Å². The molecule has 3 saturated carbocycles. The lowest BCUT2D eigenvalue weighted by Crippen LogP contribution is -2.64. The van der Waals surface area contributed by atoms with Crippen LogP contribution in [0.4, 0.5) is 0 Å². The first-order chi connectivity index (χ1) is 13.0. The van der Waals surface area contributed by atoms with Crippen LogP contribution in [0.5, 0.6) is 0 Å². The van der Waals surface area contributed by atoms with Gasteiger partial charge < -0.3 is 15.3 Å². The average molecular weight is 389 g/mol. The zero-order valence-electron chi connectivity index (χ0n) is 18.4. The minimum atomic E-state index is -0.953. The van der Waals surface area contributed by atoms with Gasteiger partial charge in [-0.2, -0.15) is 0 Å². The first kappa shape index (κ1) is 20.6. The third-order valence-corrected chi connectivity index (χ3v) is 10.00. The summed E-state index contributed by atoms with van der Waals surface area (Å²) in [7, 11) is 0. The van der Waals surface area contributed by atoms with Gasteiger partial charge >= 0.3 is 0 Å². The van der Waals surface area contributed by atoms with Crippen molar-refractivity contribution in [2.75, 3.05) is 0 Å². The fourth-order valence-electron chi connectivity index (χ4n) is 8.25. The molecule has 3 nitrogen and oxygen atoms in total. The molecule has 0 saturated heterocycles. The minimum absolute atomic E-state index is 0.0312. The summed E-state index contributed by atoms with van der Waals surface area (Å²) in [5.74, 6) is 1.92. The number of aliphatic hydroxyl groups is 3. The Morgan fingerprint density at radius 2 is 1.75 bits per heavy atom. The van der Waals surface area contributed by atoms with E-state index in [1.165, 1.54) is 12.8 Å². The molecule has 0 spiro atoms. The maximum Gasteiger partial charge on any atom is 0.101 e. The summed E-state index contributed by atoms with van der Waals surface area (Å²) in [6.45, 7) is 15.6. The van der Waals surface area contributed by atoms with Crippen LogP contribution in [-0.4, -0.2) is 33.6 Å². The summed E-state index contributed by atoms with van der Waals surface area (Å²) < 4.78 is 0. The molecule has 0 amide bonds. The molecule has 158 valence electrons. The molecule has 28 heavy (non-hydrogen) atoms. The van der Waals surface area contributed by atoms with Crippen LogP contribution >= 0.6 is 0 Å². The second-order valence-electron chi connectivity index (χ2n) is 11.5. The van der Waals surface area contributed by atoms with E-state index >= 15 is 0 Å². The Morgan fingerprint density at radius 3 is 2.39 bits per heavy atom. The summed E-state index contributed by atoms with van der Waals surface area (Å²) in [6.07, 6.45) is 5.87. The Balaban J connectivity index is 1.81. The molecule has 0 radical (unpaired) electrons. The van der Waals surface area contributed by atoms with E-state index in [2.05, 4.69) is 40.3 Å². The topological polar surface area (TPSA) is 60.7 Å². The van der Waals surface area contributed by atoms with Gasteiger partial charge in [-0.15, -0.1) is 0 Å². The maximum absolute atomic E-state index is 11.4. The van der Waals surface area contributed by atoms with Gasteiger partial charge in [0.05, 0.1) is 12.2 Å². The Morgan fingerprint density at radius 1 is 1.07 bits per heavy atom. The van der Waals surface area contributed by atoms with Crippen molar-refractivity contribution < 1.29 is 15.3 Å². The first-order valence-electron chi connectivity index (χ1n) is 11.4. The maximum atomic E-state index is 11.4. The number of hydrogen-bond acceptors (Lipinski definition) is 3. The van der Waals surface area contributed by atoms with Crippen molar-refractivity contribution in [2.45, 2.75) is 91.5 Å². The van der Waals surface area contributed by atoms with Crippen molar-refractivity contribution in [3.8, 4) is 0 Å². The first-order valence-corrected chi connectivity index (χ1v) is 11.4. The van der Waals surface area contributed by atoms with Gasteiger partial charge in [0.15, 0.2) is 0 Å². The Hall–Kier alpha value is -0.640. The SMILES string of the molecule is C=C1CCC2C3(C)CC=C4C(C(C)C)CCC4(C)C3CC(O)C2(C)C(O)C1O. The summed E-state index contributed by atoms with van der Waals surface area (Å²) in [5, 5.41) is 33.2. The van der Waals surface area contributed by atoms with Gasteiger partial charge in [0.1, 0.15) is 6.10 Å². The lowest BCUT2D eigenvalue weighted by molar-refractivity contribution is -0.212. The fraction of sp³-hybridized carbons (Fsp3) is 0.840. The van der Waals surface area contributed by atoms with Gasteiger partial charge in [0.25, 0.3) is 0 Å². The van der Waals surface area contributed by atoms with Crippen molar-refractivity contribution in [2.24, 2.45) is 39.9 Å². The van der Waals surface area contributed by atoms with E-state index in [9.17, 15) is 15.3 Å². The number of rotatable bonds is 1. The molecule has 3 N–H and O–H groups in total. The van der Waals surface area contributed by atoms with E-state index in [1.807, 2.05) is 6.92 Å². The second-order valence-corrected chi connectivity index (χ2v) is 11.5. The number of allylic oxidation sites excluding steroid dienone is 2. The van der Waals surface area contributed by atoms with Crippen molar-refractivity contribution in [3.63, 3.8) is 0 Å². The molecule has 0 aliphatic heterocycles. The number of fused-ring (bicyclic) bond motifs is 5. The number of aliphatic hydroxyl groups excluding tert-OH is 3. The van der Waals surface area contributed by atoms with E-state index in [1.54, 1.807) is 5.57 Å². The molecule has 0 aromatic heterocycles. The van der Waals surface area contributed by atoms with Crippen molar-refractivity contribution in [1.82, 2.24) is 0 Å². The third kappa shape index (κ3) is 2.45. The largest absolute Gasteiger partial charge is 0.392 e. The average Bonchev–Trinajstić information content (AvgIpc) is 2.95. The minimum Gasteiger partial charge on any atom is -0.392 e. The monoisotopic (exact) mass is 388 g/mol. The Bertz CT molecular complexity index is 696. The van der Waals surface area contributed by atoms with Gasteiger partial charge in [-0.25, -0.2) is 0 Å².